The van der Waals surface area contributed by atoms with Crippen LogP contribution >= 0.6 is 15.9 Å². The minimum atomic E-state index is -0.965. The third-order valence-corrected chi connectivity index (χ3v) is 7.01. The number of nitrogens with zero attached hydrogens (tertiary/aromatic N) is 1. The standard InChI is InChI=1S/C24H26BrNO5/c25-20-8-6-19(7-9-20)24(31-15-21(27)28)12-10-23(11-13-24)16-26(17-23)22(29)30-14-18-4-2-1-3-5-18/h1-9H,10-17H2,(H,27,28). The molecule has 6 nitrogen and oxygen atoms in total. The van der Waals surface area contributed by atoms with Gasteiger partial charge in [0, 0.05) is 23.0 Å². The molecule has 164 valence electrons. The van der Waals surface area contributed by atoms with Crippen molar-refractivity contribution < 1.29 is 24.2 Å². The number of carboxylic acid groups (broad SMARTS) is 1. The second kappa shape index (κ2) is 9.01. The van der Waals surface area contributed by atoms with E-state index in [2.05, 4.69) is 15.9 Å². The summed E-state index contributed by atoms with van der Waals surface area (Å²) in [5, 5.41) is 9.15. The summed E-state index contributed by atoms with van der Waals surface area (Å²) in [6.07, 6.45) is 2.95. The van der Waals surface area contributed by atoms with Crippen LogP contribution in [0, 0.1) is 5.41 Å². The van der Waals surface area contributed by atoms with Gasteiger partial charge in [-0.3, -0.25) is 0 Å². The van der Waals surface area contributed by atoms with Gasteiger partial charge in [0.1, 0.15) is 13.2 Å². The summed E-state index contributed by atoms with van der Waals surface area (Å²) in [6.45, 7) is 1.31. The maximum atomic E-state index is 12.4. The Balaban J connectivity index is 1.34. The molecule has 1 N–H and O–H groups in total. The third-order valence-electron chi connectivity index (χ3n) is 6.48. The number of halogens is 1. The number of carbonyl (C=O) groups excluding carboxylic acids is 1. The lowest BCUT2D eigenvalue weighted by Crippen LogP contribution is -2.60. The summed E-state index contributed by atoms with van der Waals surface area (Å²) in [5.41, 5.74) is 1.44. The van der Waals surface area contributed by atoms with Gasteiger partial charge in [0.2, 0.25) is 0 Å². The smallest absolute Gasteiger partial charge is 0.410 e. The molecule has 1 heterocycles. The van der Waals surface area contributed by atoms with Crippen molar-refractivity contribution in [2.45, 2.75) is 37.9 Å². The fourth-order valence-corrected chi connectivity index (χ4v) is 4.94. The first kappa shape index (κ1) is 21.8. The Morgan fingerprint density at radius 3 is 2.23 bits per heavy atom. The van der Waals surface area contributed by atoms with Gasteiger partial charge in [-0.1, -0.05) is 58.4 Å². The van der Waals surface area contributed by atoms with E-state index in [9.17, 15) is 9.59 Å². The number of rotatable bonds is 6. The average Bonchev–Trinajstić information content (AvgIpc) is 2.76. The highest BCUT2D eigenvalue weighted by atomic mass is 79.9. The molecule has 2 aromatic carbocycles. The first-order valence-corrected chi connectivity index (χ1v) is 11.3. The second-order valence-electron chi connectivity index (χ2n) is 8.58. The fraction of sp³-hybridized carbons (Fsp3) is 0.417. The Hall–Kier alpha value is -2.38. The summed E-state index contributed by atoms with van der Waals surface area (Å²) in [7, 11) is 0. The van der Waals surface area contributed by atoms with E-state index >= 15 is 0 Å². The van der Waals surface area contributed by atoms with E-state index < -0.39 is 11.6 Å². The molecule has 1 aliphatic carbocycles. The molecule has 0 aromatic heterocycles. The minimum Gasteiger partial charge on any atom is -0.480 e. The van der Waals surface area contributed by atoms with E-state index in [0.717, 1.165) is 41.3 Å². The van der Waals surface area contributed by atoms with E-state index in [1.54, 1.807) is 4.90 Å². The summed E-state index contributed by atoms with van der Waals surface area (Å²) in [5.74, 6) is -0.965. The van der Waals surface area contributed by atoms with Crippen LogP contribution in [0.25, 0.3) is 0 Å². The Labute approximate surface area is 190 Å². The molecule has 0 bridgehead atoms. The van der Waals surface area contributed by atoms with Crippen LogP contribution in [-0.4, -0.2) is 41.8 Å². The number of likely N-dealkylation sites (tertiary alicyclic amines) is 1. The molecule has 0 atom stereocenters. The summed E-state index contributed by atoms with van der Waals surface area (Å²) in [4.78, 5) is 25.3. The SMILES string of the molecule is O=C(O)COC1(c2ccc(Br)cc2)CCC2(CC1)CN(C(=O)OCc1ccccc1)C2. The molecule has 1 saturated heterocycles. The van der Waals surface area contributed by atoms with Gasteiger partial charge in [0.15, 0.2) is 0 Å². The molecule has 2 fully saturated rings. The van der Waals surface area contributed by atoms with Crippen LogP contribution in [0.5, 0.6) is 0 Å². The maximum Gasteiger partial charge on any atom is 0.410 e. The molecule has 4 rings (SSSR count). The molecule has 1 aliphatic heterocycles. The lowest BCUT2D eigenvalue weighted by Gasteiger charge is -2.55. The van der Waals surface area contributed by atoms with Crippen molar-refractivity contribution >= 4 is 28.0 Å². The van der Waals surface area contributed by atoms with E-state index in [-0.39, 0.29) is 24.7 Å². The average molecular weight is 488 g/mol. The van der Waals surface area contributed by atoms with Crippen molar-refractivity contribution in [3.63, 3.8) is 0 Å². The fourth-order valence-electron chi connectivity index (χ4n) is 4.67. The number of carbonyl (C=O) groups is 2. The summed E-state index contributed by atoms with van der Waals surface area (Å²) < 4.78 is 12.4. The highest BCUT2D eigenvalue weighted by molar-refractivity contribution is 9.10. The van der Waals surface area contributed by atoms with Gasteiger partial charge in [0.25, 0.3) is 0 Å². The molecule has 1 amide bonds. The van der Waals surface area contributed by atoms with Crippen LogP contribution in [0.2, 0.25) is 0 Å². The van der Waals surface area contributed by atoms with E-state index in [1.165, 1.54) is 0 Å². The molecule has 1 saturated carbocycles. The van der Waals surface area contributed by atoms with Crippen molar-refractivity contribution in [1.29, 1.82) is 0 Å². The van der Waals surface area contributed by atoms with Gasteiger partial charge < -0.3 is 19.5 Å². The van der Waals surface area contributed by atoms with Crippen LogP contribution in [0.4, 0.5) is 4.79 Å². The van der Waals surface area contributed by atoms with Gasteiger partial charge in [-0.25, -0.2) is 9.59 Å². The van der Waals surface area contributed by atoms with E-state index in [1.807, 2.05) is 54.6 Å². The Kier molecular flexibility index (Phi) is 6.34. The van der Waals surface area contributed by atoms with Crippen LogP contribution in [0.3, 0.4) is 0 Å². The molecular formula is C24H26BrNO5. The molecule has 7 heteroatoms. The third kappa shape index (κ3) is 4.93. The van der Waals surface area contributed by atoms with Gasteiger partial charge in [-0.15, -0.1) is 0 Å². The first-order valence-electron chi connectivity index (χ1n) is 10.5. The molecule has 2 aromatic rings. The topological polar surface area (TPSA) is 76.1 Å². The van der Waals surface area contributed by atoms with Crippen molar-refractivity contribution in [3.05, 3.63) is 70.2 Å². The first-order chi connectivity index (χ1) is 14.9. The van der Waals surface area contributed by atoms with Crippen LogP contribution in [0.1, 0.15) is 36.8 Å². The van der Waals surface area contributed by atoms with Gasteiger partial charge in [-0.2, -0.15) is 0 Å². The van der Waals surface area contributed by atoms with Gasteiger partial charge >= 0.3 is 12.1 Å². The quantitative estimate of drug-likeness (QED) is 0.622. The van der Waals surface area contributed by atoms with Crippen molar-refractivity contribution in [2.75, 3.05) is 19.7 Å². The monoisotopic (exact) mass is 487 g/mol. The number of amides is 1. The lowest BCUT2D eigenvalue weighted by atomic mass is 9.63. The van der Waals surface area contributed by atoms with Gasteiger partial charge in [0.05, 0.1) is 5.60 Å². The normalized spacial score (nSPS) is 18.9. The molecule has 31 heavy (non-hydrogen) atoms. The van der Waals surface area contributed by atoms with Gasteiger partial charge in [-0.05, 0) is 48.9 Å². The minimum absolute atomic E-state index is 0.0667. The highest BCUT2D eigenvalue weighted by Gasteiger charge is 2.52. The van der Waals surface area contributed by atoms with Crippen LogP contribution < -0.4 is 0 Å². The number of carboxylic acids is 1. The van der Waals surface area contributed by atoms with E-state index in [4.69, 9.17) is 14.6 Å². The summed E-state index contributed by atoms with van der Waals surface area (Å²) >= 11 is 3.45. The van der Waals surface area contributed by atoms with Crippen molar-refractivity contribution in [2.24, 2.45) is 5.41 Å². The molecule has 0 radical (unpaired) electrons. The number of hydrogen-bond acceptors (Lipinski definition) is 4. The zero-order chi connectivity index (χ0) is 21.9. The number of hydrogen-bond donors (Lipinski definition) is 1. The lowest BCUT2D eigenvalue weighted by molar-refractivity contribution is -0.160. The predicted molar refractivity (Wildman–Crippen MR) is 119 cm³/mol. The summed E-state index contributed by atoms with van der Waals surface area (Å²) in [6, 6.07) is 17.6. The largest absolute Gasteiger partial charge is 0.480 e. The zero-order valence-corrected chi connectivity index (χ0v) is 18.8. The molecule has 2 aliphatic rings. The zero-order valence-electron chi connectivity index (χ0n) is 17.3. The van der Waals surface area contributed by atoms with Crippen LogP contribution in [0.15, 0.2) is 59.1 Å². The maximum absolute atomic E-state index is 12.4. The highest BCUT2D eigenvalue weighted by Crippen LogP contribution is 2.51. The Morgan fingerprint density at radius 2 is 1.61 bits per heavy atom. The number of aliphatic carboxylic acids is 1. The number of ether oxygens (including phenoxy) is 2. The Bertz CT molecular complexity index is 915. The van der Waals surface area contributed by atoms with Crippen molar-refractivity contribution in [1.82, 2.24) is 4.90 Å². The van der Waals surface area contributed by atoms with E-state index in [0.29, 0.717) is 13.1 Å². The molecule has 0 unspecified atom stereocenters. The number of benzene rings is 2. The van der Waals surface area contributed by atoms with Crippen LogP contribution in [-0.2, 0) is 26.5 Å². The molecular weight excluding hydrogens is 462 g/mol. The molecule has 1 spiro atoms. The second-order valence-corrected chi connectivity index (χ2v) is 9.50. The predicted octanol–water partition coefficient (Wildman–Crippen LogP) is 4.96. The Morgan fingerprint density at radius 1 is 0.968 bits per heavy atom. The van der Waals surface area contributed by atoms with Crippen molar-refractivity contribution in [3.8, 4) is 0 Å².